The van der Waals surface area contributed by atoms with Crippen LogP contribution in [0.25, 0.3) is 0 Å². The van der Waals surface area contributed by atoms with Crippen LogP contribution in [-0.4, -0.2) is 31.6 Å². The maximum Gasteiger partial charge on any atom is 0.0493 e. The average Bonchev–Trinajstić information content (AvgIpc) is 2.87. The highest BCUT2D eigenvalue weighted by Gasteiger charge is 2.35. The molecule has 17 heavy (non-hydrogen) atoms. The van der Waals surface area contributed by atoms with Crippen LogP contribution in [0.1, 0.15) is 30.7 Å². The van der Waals surface area contributed by atoms with Crippen molar-refractivity contribution in [2.24, 2.45) is 5.92 Å². The van der Waals surface area contributed by atoms with Gasteiger partial charge in [0.25, 0.3) is 0 Å². The summed E-state index contributed by atoms with van der Waals surface area (Å²) in [6.07, 6.45) is 2.56. The molecule has 1 aliphatic rings. The van der Waals surface area contributed by atoms with E-state index in [1.807, 2.05) is 11.3 Å². The number of hydrogen-bond acceptors (Lipinski definition) is 3. The lowest BCUT2D eigenvalue weighted by atomic mass is 9.99. The van der Waals surface area contributed by atoms with Crippen molar-refractivity contribution in [1.29, 1.82) is 0 Å². The largest absolute Gasteiger partial charge is 0.319 e. The Balaban J connectivity index is 2.20. The predicted molar refractivity (Wildman–Crippen MR) is 78.7 cm³/mol. The summed E-state index contributed by atoms with van der Waals surface area (Å²) in [5.74, 6) is 0.751. The molecule has 2 unspecified atom stereocenters. The Bertz CT molecular complexity index is 339. The van der Waals surface area contributed by atoms with Crippen LogP contribution in [0.2, 0.25) is 0 Å². The topological polar surface area (TPSA) is 15.3 Å². The van der Waals surface area contributed by atoms with Gasteiger partial charge in [0.2, 0.25) is 0 Å². The Labute approximate surface area is 117 Å². The lowest BCUT2D eigenvalue weighted by Crippen LogP contribution is -2.29. The first-order valence-electron chi connectivity index (χ1n) is 6.39. The Kier molecular flexibility index (Phi) is 5.03. The molecule has 0 aliphatic carbocycles. The molecule has 1 aliphatic heterocycles. The minimum absolute atomic E-state index is 0.608. The van der Waals surface area contributed by atoms with Crippen molar-refractivity contribution in [3.05, 3.63) is 20.8 Å². The van der Waals surface area contributed by atoms with E-state index in [1.54, 1.807) is 0 Å². The summed E-state index contributed by atoms with van der Waals surface area (Å²) in [5, 5.41) is 5.54. The monoisotopic (exact) mass is 316 g/mol. The van der Waals surface area contributed by atoms with Gasteiger partial charge in [-0.3, -0.25) is 4.90 Å². The van der Waals surface area contributed by atoms with Gasteiger partial charge >= 0.3 is 0 Å². The number of thiophene rings is 1. The quantitative estimate of drug-likeness (QED) is 0.894. The van der Waals surface area contributed by atoms with E-state index in [9.17, 15) is 0 Å². The summed E-state index contributed by atoms with van der Waals surface area (Å²) in [4.78, 5) is 4.16. The summed E-state index contributed by atoms with van der Waals surface area (Å²) in [5.41, 5.74) is 0. The number of halogens is 1. The molecule has 1 aromatic heterocycles. The molecule has 0 aromatic carbocycles. The second-order valence-electron chi connectivity index (χ2n) is 4.72. The molecule has 2 heterocycles. The van der Waals surface area contributed by atoms with Gasteiger partial charge in [-0.25, -0.2) is 0 Å². The highest BCUT2D eigenvalue weighted by molar-refractivity contribution is 9.10. The van der Waals surface area contributed by atoms with E-state index >= 15 is 0 Å². The van der Waals surface area contributed by atoms with E-state index in [0.29, 0.717) is 6.04 Å². The minimum atomic E-state index is 0.608. The molecule has 96 valence electrons. The number of hydrogen-bond donors (Lipinski definition) is 1. The SMILES string of the molecule is CCCN1CCC(CNC)C1c1sccc1Br. The summed E-state index contributed by atoms with van der Waals surface area (Å²) in [6, 6.07) is 2.79. The summed E-state index contributed by atoms with van der Waals surface area (Å²) >= 11 is 5.59. The number of nitrogens with one attached hydrogen (secondary N) is 1. The van der Waals surface area contributed by atoms with E-state index in [0.717, 1.165) is 12.5 Å². The molecule has 0 saturated carbocycles. The predicted octanol–water partition coefficient (Wildman–Crippen LogP) is 3.50. The first kappa shape index (κ1) is 13.5. The molecule has 0 spiro atoms. The van der Waals surface area contributed by atoms with Crippen LogP contribution < -0.4 is 5.32 Å². The van der Waals surface area contributed by atoms with E-state index in [1.165, 1.54) is 35.3 Å². The van der Waals surface area contributed by atoms with E-state index in [-0.39, 0.29) is 0 Å². The number of nitrogens with zero attached hydrogens (tertiary/aromatic N) is 1. The van der Waals surface area contributed by atoms with Crippen LogP contribution in [-0.2, 0) is 0 Å². The third-order valence-electron chi connectivity index (χ3n) is 3.52. The minimum Gasteiger partial charge on any atom is -0.319 e. The number of rotatable bonds is 5. The van der Waals surface area contributed by atoms with Gasteiger partial charge < -0.3 is 5.32 Å². The van der Waals surface area contributed by atoms with Gasteiger partial charge in [0.1, 0.15) is 0 Å². The standard InChI is InChI=1S/C13H21BrN2S/c1-3-6-16-7-4-10(9-15-2)12(16)13-11(14)5-8-17-13/h5,8,10,12,15H,3-4,6-7,9H2,1-2H3. The molecule has 1 fully saturated rings. The van der Waals surface area contributed by atoms with Crippen molar-refractivity contribution in [3.63, 3.8) is 0 Å². The van der Waals surface area contributed by atoms with Crippen molar-refractivity contribution in [2.45, 2.75) is 25.8 Å². The Morgan fingerprint density at radius 1 is 1.59 bits per heavy atom. The third kappa shape index (κ3) is 2.92. The van der Waals surface area contributed by atoms with E-state index in [2.05, 4.69) is 51.6 Å². The number of likely N-dealkylation sites (tertiary alicyclic amines) is 1. The van der Waals surface area contributed by atoms with Gasteiger partial charge in [0.05, 0.1) is 0 Å². The lowest BCUT2D eigenvalue weighted by Gasteiger charge is -2.27. The first-order chi connectivity index (χ1) is 8.27. The molecule has 2 atom stereocenters. The molecule has 2 nitrogen and oxygen atoms in total. The summed E-state index contributed by atoms with van der Waals surface area (Å²) in [7, 11) is 2.06. The molecule has 0 amide bonds. The fourth-order valence-electron chi connectivity index (χ4n) is 2.84. The zero-order valence-electron chi connectivity index (χ0n) is 10.6. The highest BCUT2D eigenvalue weighted by Crippen LogP contribution is 2.42. The maximum atomic E-state index is 3.70. The van der Waals surface area contributed by atoms with Crippen LogP contribution in [0.5, 0.6) is 0 Å². The molecule has 2 rings (SSSR count). The van der Waals surface area contributed by atoms with Crippen molar-refractivity contribution < 1.29 is 0 Å². The van der Waals surface area contributed by atoms with Crippen LogP contribution in [0, 0.1) is 5.92 Å². The average molecular weight is 317 g/mol. The highest BCUT2D eigenvalue weighted by atomic mass is 79.9. The molecular formula is C13H21BrN2S. The van der Waals surface area contributed by atoms with Crippen LogP contribution in [0.15, 0.2) is 15.9 Å². The second-order valence-corrected chi connectivity index (χ2v) is 6.52. The molecule has 4 heteroatoms. The molecule has 1 aromatic rings. The molecule has 0 bridgehead atoms. The fourth-order valence-corrected chi connectivity index (χ4v) is 4.67. The molecule has 0 radical (unpaired) electrons. The van der Waals surface area contributed by atoms with Gasteiger partial charge in [-0.05, 0) is 72.8 Å². The smallest absolute Gasteiger partial charge is 0.0493 e. The second kappa shape index (κ2) is 6.32. The normalized spacial score (nSPS) is 25.6. The van der Waals surface area contributed by atoms with Crippen LogP contribution in [0.4, 0.5) is 0 Å². The Hall–Kier alpha value is 0.100. The molecule has 1 saturated heterocycles. The lowest BCUT2D eigenvalue weighted by molar-refractivity contribution is 0.230. The fraction of sp³-hybridized carbons (Fsp3) is 0.692. The Morgan fingerprint density at radius 3 is 3.00 bits per heavy atom. The van der Waals surface area contributed by atoms with E-state index < -0.39 is 0 Å². The van der Waals surface area contributed by atoms with Crippen LogP contribution in [0.3, 0.4) is 0 Å². The van der Waals surface area contributed by atoms with Crippen LogP contribution >= 0.6 is 27.3 Å². The van der Waals surface area contributed by atoms with Crippen molar-refractivity contribution in [1.82, 2.24) is 10.2 Å². The van der Waals surface area contributed by atoms with E-state index in [4.69, 9.17) is 0 Å². The van der Waals surface area contributed by atoms with Gasteiger partial charge in [-0.15, -0.1) is 11.3 Å². The van der Waals surface area contributed by atoms with Gasteiger partial charge in [0, 0.05) is 15.4 Å². The van der Waals surface area contributed by atoms with Gasteiger partial charge in [-0.1, -0.05) is 6.92 Å². The molecular weight excluding hydrogens is 296 g/mol. The van der Waals surface area contributed by atoms with Crippen molar-refractivity contribution in [2.75, 3.05) is 26.7 Å². The van der Waals surface area contributed by atoms with Crippen molar-refractivity contribution in [3.8, 4) is 0 Å². The van der Waals surface area contributed by atoms with Crippen molar-refractivity contribution >= 4 is 27.3 Å². The summed E-state index contributed by atoms with van der Waals surface area (Å²) in [6.45, 7) is 5.85. The van der Waals surface area contributed by atoms with Gasteiger partial charge in [-0.2, -0.15) is 0 Å². The van der Waals surface area contributed by atoms with Gasteiger partial charge in [0.15, 0.2) is 0 Å². The third-order valence-corrected chi connectivity index (χ3v) is 5.46. The zero-order chi connectivity index (χ0) is 12.3. The maximum absolute atomic E-state index is 3.70. The first-order valence-corrected chi connectivity index (χ1v) is 8.06. The molecule has 1 N–H and O–H groups in total. The summed E-state index contributed by atoms with van der Waals surface area (Å²) < 4.78 is 1.29. The zero-order valence-corrected chi connectivity index (χ0v) is 13.0. The Morgan fingerprint density at radius 2 is 2.41 bits per heavy atom.